The second-order valence-electron chi connectivity index (χ2n) is 5.22. The topological polar surface area (TPSA) is 54.9 Å². The van der Waals surface area contributed by atoms with Gasteiger partial charge in [0.05, 0.1) is 6.54 Å². The zero-order valence-electron chi connectivity index (χ0n) is 14.6. The van der Waals surface area contributed by atoms with E-state index in [-0.39, 0.29) is 0 Å². The van der Waals surface area contributed by atoms with Crippen molar-refractivity contribution in [3.05, 3.63) is 72.8 Å². The van der Waals surface area contributed by atoms with Crippen molar-refractivity contribution in [2.45, 2.75) is 6.54 Å². The lowest BCUT2D eigenvalue weighted by molar-refractivity contribution is 0.322. The van der Waals surface area contributed by atoms with E-state index >= 15 is 0 Å². The summed E-state index contributed by atoms with van der Waals surface area (Å²) in [5, 5.41) is 6.51. The van der Waals surface area contributed by atoms with Gasteiger partial charge in [-0.15, -0.1) is 0 Å². The number of rotatable bonds is 9. The Balaban J connectivity index is 1.76. The number of aliphatic imine (C=N–C) groups is 1. The molecule has 0 fully saturated rings. The normalized spacial score (nSPS) is 10.8. The molecule has 0 aliphatic heterocycles. The van der Waals surface area contributed by atoms with Gasteiger partial charge in [0.1, 0.15) is 24.7 Å². The summed E-state index contributed by atoms with van der Waals surface area (Å²) in [6.45, 7) is 5.99. The number of hydrogen-bond acceptors (Lipinski definition) is 3. The molecule has 0 atom stereocenters. The molecule has 0 aliphatic carbocycles. The van der Waals surface area contributed by atoms with Gasteiger partial charge < -0.3 is 20.1 Å². The molecule has 0 unspecified atom stereocenters. The van der Waals surface area contributed by atoms with Gasteiger partial charge in [-0.2, -0.15) is 0 Å². The monoisotopic (exact) mass is 339 g/mol. The molecule has 25 heavy (non-hydrogen) atoms. The van der Waals surface area contributed by atoms with Crippen molar-refractivity contribution in [2.24, 2.45) is 4.99 Å². The lowest BCUT2D eigenvalue weighted by Gasteiger charge is -2.14. The predicted octanol–water partition coefficient (Wildman–Crippen LogP) is 3.00. The summed E-state index contributed by atoms with van der Waals surface area (Å²) >= 11 is 0. The first-order valence-corrected chi connectivity index (χ1v) is 8.27. The van der Waals surface area contributed by atoms with Crippen LogP contribution in [0.15, 0.2) is 72.2 Å². The van der Waals surface area contributed by atoms with Crippen molar-refractivity contribution in [3.8, 4) is 11.5 Å². The molecule has 0 bridgehead atoms. The summed E-state index contributed by atoms with van der Waals surface area (Å²) in [5.41, 5.74) is 1.06. The van der Waals surface area contributed by atoms with Crippen LogP contribution in [0.1, 0.15) is 5.56 Å². The standard InChI is InChI=1S/C20H25N3O2/c1-3-14-25-19-12-8-7-9-17(19)16-23-20(21-2)22-13-15-24-18-10-5-4-6-11-18/h3-12H,1,13-16H2,2H3,(H2,21,22,23). The van der Waals surface area contributed by atoms with Crippen molar-refractivity contribution in [1.29, 1.82) is 0 Å². The Hall–Kier alpha value is -2.95. The first kappa shape index (κ1) is 18.4. The van der Waals surface area contributed by atoms with E-state index in [1.54, 1.807) is 13.1 Å². The Morgan fingerprint density at radius 1 is 1.04 bits per heavy atom. The average Bonchev–Trinajstić information content (AvgIpc) is 2.67. The highest BCUT2D eigenvalue weighted by atomic mass is 16.5. The first-order chi connectivity index (χ1) is 12.3. The highest BCUT2D eigenvalue weighted by Gasteiger charge is 2.04. The van der Waals surface area contributed by atoms with Gasteiger partial charge in [-0.25, -0.2) is 0 Å². The van der Waals surface area contributed by atoms with Crippen molar-refractivity contribution >= 4 is 5.96 Å². The van der Waals surface area contributed by atoms with Crippen LogP contribution in [0, 0.1) is 0 Å². The minimum atomic E-state index is 0.487. The quantitative estimate of drug-likeness (QED) is 0.319. The van der Waals surface area contributed by atoms with E-state index in [2.05, 4.69) is 22.2 Å². The third-order valence-corrected chi connectivity index (χ3v) is 3.41. The molecule has 0 spiro atoms. The van der Waals surface area contributed by atoms with E-state index in [0.717, 1.165) is 23.0 Å². The maximum atomic E-state index is 5.66. The summed E-state index contributed by atoms with van der Waals surface area (Å²) in [6, 6.07) is 17.7. The van der Waals surface area contributed by atoms with E-state index < -0.39 is 0 Å². The summed E-state index contributed by atoms with van der Waals surface area (Å²) in [7, 11) is 1.74. The van der Waals surface area contributed by atoms with E-state index in [9.17, 15) is 0 Å². The number of para-hydroxylation sites is 2. The number of nitrogens with zero attached hydrogens (tertiary/aromatic N) is 1. The molecule has 2 aromatic rings. The van der Waals surface area contributed by atoms with Gasteiger partial charge in [0.25, 0.3) is 0 Å². The minimum Gasteiger partial charge on any atom is -0.492 e. The van der Waals surface area contributed by atoms with Crippen LogP contribution in [0.5, 0.6) is 11.5 Å². The zero-order valence-corrected chi connectivity index (χ0v) is 14.6. The molecular weight excluding hydrogens is 314 g/mol. The van der Waals surface area contributed by atoms with Crippen LogP contribution < -0.4 is 20.1 Å². The van der Waals surface area contributed by atoms with E-state index in [0.29, 0.717) is 26.3 Å². The second kappa shape index (κ2) is 10.8. The summed E-state index contributed by atoms with van der Waals surface area (Å²) in [4.78, 5) is 4.22. The fourth-order valence-corrected chi connectivity index (χ4v) is 2.19. The average molecular weight is 339 g/mol. The lowest BCUT2D eigenvalue weighted by atomic mass is 10.2. The van der Waals surface area contributed by atoms with Crippen molar-refractivity contribution < 1.29 is 9.47 Å². The molecule has 0 saturated carbocycles. The van der Waals surface area contributed by atoms with Crippen LogP contribution in [0.3, 0.4) is 0 Å². The summed E-state index contributed by atoms with van der Waals surface area (Å²) < 4.78 is 11.3. The van der Waals surface area contributed by atoms with Gasteiger partial charge in [-0.05, 0) is 18.2 Å². The first-order valence-electron chi connectivity index (χ1n) is 8.27. The van der Waals surface area contributed by atoms with Gasteiger partial charge in [-0.3, -0.25) is 4.99 Å². The van der Waals surface area contributed by atoms with Crippen molar-refractivity contribution in [1.82, 2.24) is 10.6 Å². The Morgan fingerprint density at radius 3 is 2.56 bits per heavy atom. The molecule has 0 saturated heterocycles. The fourth-order valence-electron chi connectivity index (χ4n) is 2.19. The number of nitrogens with one attached hydrogen (secondary N) is 2. The second-order valence-corrected chi connectivity index (χ2v) is 5.22. The Kier molecular flexibility index (Phi) is 7.91. The summed E-state index contributed by atoms with van der Waals surface area (Å²) in [5.74, 6) is 2.42. The van der Waals surface area contributed by atoms with Crippen molar-refractivity contribution in [2.75, 3.05) is 26.8 Å². The molecule has 5 nitrogen and oxygen atoms in total. The van der Waals surface area contributed by atoms with Crippen LogP contribution >= 0.6 is 0 Å². The van der Waals surface area contributed by atoms with Crippen molar-refractivity contribution in [3.63, 3.8) is 0 Å². The smallest absolute Gasteiger partial charge is 0.191 e. The molecule has 132 valence electrons. The molecule has 2 rings (SSSR count). The Bertz CT molecular complexity index is 672. The van der Waals surface area contributed by atoms with Crippen LogP contribution in [-0.2, 0) is 6.54 Å². The molecule has 0 radical (unpaired) electrons. The van der Waals surface area contributed by atoms with Crippen LogP contribution in [-0.4, -0.2) is 32.8 Å². The SMILES string of the molecule is C=CCOc1ccccc1CNC(=NC)NCCOc1ccccc1. The predicted molar refractivity (Wildman–Crippen MR) is 102 cm³/mol. The van der Waals surface area contributed by atoms with Gasteiger partial charge in [0.15, 0.2) is 5.96 Å². The molecular formula is C20H25N3O2. The lowest BCUT2D eigenvalue weighted by Crippen LogP contribution is -2.38. The van der Waals surface area contributed by atoms with Crippen LogP contribution in [0.4, 0.5) is 0 Å². The molecule has 0 heterocycles. The third-order valence-electron chi connectivity index (χ3n) is 3.41. The van der Waals surface area contributed by atoms with E-state index in [4.69, 9.17) is 9.47 Å². The molecule has 0 amide bonds. The number of benzene rings is 2. The third kappa shape index (κ3) is 6.59. The van der Waals surface area contributed by atoms with Gasteiger partial charge in [0, 0.05) is 19.2 Å². The number of ether oxygens (including phenoxy) is 2. The zero-order chi connectivity index (χ0) is 17.7. The molecule has 5 heteroatoms. The van der Waals surface area contributed by atoms with Gasteiger partial charge >= 0.3 is 0 Å². The largest absolute Gasteiger partial charge is 0.492 e. The molecule has 2 aromatic carbocycles. The Labute approximate surface area is 149 Å². The van der Waals surface area contributed by atoms with Gasteiger partial charge in [-0.1, -0.05) is 49.1 Å². The highest BCUT2D eigenvalue weighted by Crippen LogP contribution is 2.17. The maximum absolute atomic E-state index is 5.66. The molecule has 2 N–H and O–H groups in total. The highest BCUT2D eigenvalue weighted by molar-refractivity contribution is 5.79. The summed E-state index contributed by atoms with van der Waals surface area (Å²) in [6.07, 6.45) is 1.73. The number of guanidine groups is 1. The van der Waals surface area contributed by atoms with E-state index in [1.165, 1.54) is 0 Å². The number of hydrogen-bond donors (Lipinski definition) is 2. The van der Waals surface area contributed by atoms with Crippen LogP contribution in [0.25, 0.3) is 0 Å². The van der Waals surface area contributed by atoms with Crippen LogP contribution in [0.2, 0.25) is 0 Å². The minimum absolute atomic E-state index is 0.487. The molecule has 0 aliphatic rings. The molecule has 0 aromatic heterocycles. The Morgan fingerprint density at radius 2 is 1.80 bits per heavy atom. The van der Waals surface area contributed by atoms with Gasteiger partial charge in [0.2, 0.25) is 0 Å². The maximum Gasteiger partial charge on any atom is 0.191 e. The van der Waals surface area contributed by atoms with E-state index in [1.807, 2.05) is 54.6 Å². The fraction of sp³-hybridized carbons (Fsp3) is 0.250.